The Labute approximate surface area is 392 Å². The third-order valence-electron chi connectivity index (χ3n) is 9.11. The van der Waals surface area contributed by atoms with E-state index in [1.165, 1.54) is 63.9 Å². The Bertz CT molecular complexity index is 2380. The predicted octanol–water partition coefficient (Wildman–Crippen LogP) is 12.4. The minimum absolute atomic E-state index is 0. The van der Waals surface area contributed by atoms with Gasteiger partial charge in [-0.1, -0.05) is 229 Å². The van der Waals surface area contributed by atoms with Crippen LogP contribution in [0.2, 0.25) is 0 Å². The molecule has 59 heavy (non-hydrogen) atoms. The summed E-state index contributed by atoms with van der Waals surface area (Å²) in [5, 5.41) is 8.10. The number of benzene rings is 7. The number of para-hydroxylation sites is 5. The van der Waals surface area contributed by atoms with E-state index in [-0.39, 0.29) is 56.5 Å². The van der Waals surface area contributed by atoms with Gasteiger partial charge in [-0.3, -0.25) is 0 Å². The molecule has 0 fully saturated rings. The van der Waals surface area contributed by atoms with E-state index in [1.54, 1.807) is 12.1 Å². The van der Waals surface area contributed by atoms with Crippen LogP contribution in [-0.4, -0.2) is 31.3 Å². The molecule has 300 valence electrons. The molecule has 0 heterocycles. The fourth-order valence-corrected chi connectivity index (χ4v) is 6.72. The van der Waals surface area contributed by atoms with E-state index >= 15 is 0 Å². The summed E-state index contributed by atoms with van der Waals surface area (Å²) in [5.41, 5.74) is 1.54. The van der Waals surface area contributed by atoms with Crippen molar-refractivity contribution in [1.82, 2.24) is 0 Å². The van der Waals surface area contributed by atoms with Crippen LogP contribution in [-0.2, 0) is 26.2 Å². The van der Waals surface area contributed by atoms with Crippen LogP contribution in [0.3, 0.4) is 0 Å². The zero-order valence-corrected chi connectivity index (χ0v) is 36.8. The smallest absolute Gasteiger partial charge is 0.677 e. The molecule has 0 saturated carbocycles. The van der Waals surface area contributed by atoms with Crippen LogP contribution in [0.4, 0.5) is 17.1 Å². The van der Waals surface area contributed by atoms with Crippen LogP contribution in [0.1, 0.15) is 57.7 Å². The average Bonchev–Trinajstić information content (AvgIpc) is 3.31. The monoisotopic (exact) mass is 867 g/mol. The Kier molecular flexibility index (Phi) is 12.5. The van der Waals surface area contributed by atoms with E-state index < -0.39 is 44.6 Å². The SMILES string of the molecule is CN(C)c1ccccc1.[2H]C([2H])([2H])C(C)([N-]c1ccccc1Oc1ccccc1[N-]C(C)(C([2H])([2H])[2H])C([2H])([2H])[2H])C([2H])([2H])[2H].[CH3-].[Zr+4].c1ccc([B-](c2ccccc2)(c2ccccc2)c2ccccc2)cc1. The summed E-state index contributed by atoms with van der Waals surface area (Å²) in [6.07, 6.45) is -1.22. The molecule has 0 spiro atoms. The Hall–Kier alpha value is -5.31. The van der Waals surface area contributed by atoms with Crippen molar-refractivity contribution in [2.24, 2.45) is 0 Å². The second-order valence-electron chi connectivity index (χ2n) is 14.1. The first kappa shape index (κ1) is 32.5. The van der Waals surface area contributed by atoms with Crippen LogP contribution >= 0.6 is 0 Å². The zero-order chi connectivity index (χ0) is 50.7. The molecule has 0 unspecified atom stereocenters. The van der Waals surface area contributed by atoms with Gasteiger partial charge in [0.1, 0.15) is 17.6 Å². The minimum atomic E-state index is -2.97. The summed E-state index contributed by atoms with van der Waals surface area (Å²) in [6.45, 7) is -9.88. The molecule has 0 saturated heterocycles. The molecule has 7 aromatic carbocycles. The molecule has 0 bridgehead atoms. The molecule has 0 aliphatic carbocycles. The van der Waals surface area contributed by atoms with Gasteiger partial charge in [-0.25, -0.2) is 0 Å². The van der Waals surface area contributed by atoms with Gasteiger partial charge in [-0.15, -0.1) is 11.1 Å². The van der Waals surface area contributed by atoms with Crippen molar-refractivity contribution in [2.75, 3.05) is 19.0 Å². The van der Waals surface area contributed by atoms with E-state index in [1.807, 2.05) is 32.3 Å². The van der Waals surface area contributed by atoms with Gasteiger partial charge in [0.05, 0.1) is 0 Å². The summed E-state index contributed by atoms with van der Waals surface area (Å²) in [4.78, 5) is 2.08. The van der Waals surface area contributed by atoms with Gasteiger partial charge in [0.2, 0.25) is 0 Å². The van der Waals surface area contributed by atoms with Gasteiger partial charge in [-0.2, -0.15) is 21.9 Å². The van der Waals surface area contributed by atoms with E-state index in [4.69, 9.17) is 21.2 Å². The number of rotatable bonds is 9. The summed E-state index contributed by atoms with van der Waals surface area (Å²) in [5.74, 6) is -0.0568. The summed E-state index contributed by atoms with van der Waals surface area (Å²) in [6, 6.07) is 65.5. The van der Waals surface area contributed by atoms with Gasteiger partial charge >= 0.3 is 26.2 Å². The standard InChI is InChI=1S/C24H20B.C20H26N2O.C8H11N.CH3.Zr/c1-5-13-21(14-6-1)25(22-15-7-2-8-16-22,23-17-9-3-10-18-23)24-19-11-4-12-20-24;1-19(2,3)21-15-11-7-9-13-17(15)23-18-14-10-8-12-16(18)22-20(4,5)6;1-9(2)8-6-4-3-5-7-8;;/h1-20H;7-14H,1-6H3;3-7H,1-2H3;1H3;/q-1;-2;;-1;+4/i;1D3,2D3,4D3,5D3;;;. The van der Waals surface area contributed by atoms with Gasteiger partial charge in [0, 0.05) is 36.2 Å². The first-order valence-corrected chi connectivity index (χ1v) is 18.8. The van der Waals surface area contributed by atoms with E-state index in [0.717, 1.165) is 13.8 Å². The maximum Gasteiger partial charge on any atom is 4.00 e. The fraction of sp³-hybridized carbons (Fsp3) is 0.189. The number of anilines is 1. The molecule has 0 atom stereocenters. The number of hydrogen-bond acceptors (Lipinski definition) is 2. The zero-order valence-electron chi connectivity index (χ0n) is 46.4. The molecule has 0 N–H and O–H groups in total. The number of ether oxygens (including phenoxy) is 1. The van der Waals surface area contributed by atoms with Crippen molar-refractivity contribution < 1.29 is 47.4 Å². The summed E-state index contributed by atoms with van der Waals surface area (Å²) in [7, 11) is 4.07. The van der Waals surface area contributed by atoms with E-state index in [0.29, 0.717) is 0 Å². The number of hydrogen-bond donors (Lipinski definition) is 0. The molecular weight excluding hydrogens is 797 g/mol. The van der Waals surface area contributed by atoms with Crippen LogP contribution in [0, 0.1) is 7.43 Å². The second-order valence-corrected chi connectivity index (χ2v) is 14.1. The normalized spacial score (nSPS) is 14.6. The van der Waals surface area contributed by atoms with Crippen molar-refractivity contribution in [3.8, 4) is 11.5 Å². The Balaban J connectivity index is 0.000000320. The van der Waals surface area contributed by atoms with Crippen LogP contribution < -0.4 is 31.5 Å². The molecule has 7 aromatic rings. The van der Waals surface area contributed by atoms with Crippen molar-refractivity contribution in [3.63, 3.8) is 0 Å². The van der Waals surface area contributed by atoms with Gasteiger partial charge in [0.25, 0.3) is 0 Å². The van der Waals surface area contributed by atoms with Crippen LogP contribution in [0.25, 0.3) is 10.6 Å². The Morgan fingerprint density at radius 2 is 0.712 bits per heavy atom. The molecule has 7 rings (SSSR count). The average molecular weight is 869 g/mol. The second kappa shape index (κ2) is 22.7. The number of nitrogens with zero attached hydrogens (tertiary/aromatic N) is 3. The van der Waals surface area contributed by atoms with Crippen molar-refractivity contribution in [3.05, 3.63) is 218 Å². The van der Waals surface area contributed by atoms with Crippen molar-refractivity contribution >= 4 is 45.1 Å². The molecule has 0 aliphatic rings. The van der Waals surface area contributed by atoms with Crippen LogP contribution in [0.15, 0.2) is 200 Å². The molecule has 6 heteroatoms. The third-order valence-corrected chi connectivity index (χ3v) is 9.11. The molecule has 0 radical (unpaired) electrons. The molecule has 0 aliphatic heterocycles. The van der Waals surface area contributed by atoms with Gasteiger partial charge < -0.3 is 27.7 Å². The molecular formula is C53H60BN3OZr. The third kappa shape index (κ3) is 13.9. The molecule has 0 aromatic heterocycles. The summed E-state index contributed by atoms with van der Waals surface area (Å²) < 4.78 is 98.9. The minimum Gasteiger partial charge on any atom is -0.677 e. The quantitative estimate of drug-likeness (QED) is 0.107. The van der Waals surface area contributed by atoms with Gasteiger partial charge in [-0.05, 0) is 24.3 Å². The largest absolute Gasteiger partial charge is 4.00 e. The molecule has 4 nitrogen and oxygen atoms in total. The van der Waals surface area contributed by atoms with Crippen molar-refractivity contribution in [1.29, 1.82) is 0 Å². The maximum absolute atomic E-state index is 7.75. The van der Waals surface area contributed by atoms with E-state index in [2.05, 4.69) is 149 Å². The first-order chi connectivity index (χ1) is 32.4. The fourth-order valence-electron chi connectivity index (χ4n) is 6.72. The predicted molar refractivity (Wildman–Crippen MR) is 256 cm³/mol. The van der Waals surface area contributed by atoms with Gasteiger partial charge in [0.15, 0.2) is 0 Å². The Morgan fingerprint density at radius 3 is 0.983 bits per heavy atom. The van der Waals surface area contributed by atoms with Crippen molar-refractivity contribution in [2.45, 2.75) is 52.3 Å². The maximum atomic E-state index is 7.75. The first-order valence-electron chi connectivity index (χ1n) is 24.8. The summed E-state index contributed by atoms with van der Waals surface area (Å²) >= 11 is 0. The Morgan fingerprint density at radius 1 is 0.441 bits per heavy atom. The van der Waals surface area contributed by atoms with Crippen LogP contribution in [0.5, 0.6) is 11.5 Å². The molecule has 0 amide bonds. The topological polar surface area (TPSA) is 40.7 Å². The van der Waals surface area contributed by atoms with E-state index in [9.17, 15) is 0 Å².